The van der Waals surface area contributed by atoms with E-state index in [1.807, 2.05) is 0 Å². The van der Waals surface area contributed by atoms with E-state index in [0.717, 1.165) is 18.4 Å². The number of halogens is 2. The Kier molecular flexibility index (Phi) is 2.06. The van der Waals surface area contributed by atoms with Crippen LogP contribution in [0.15, 0.2) is 12.1 Å². The first-order valence-corrected chi connectivity index (χ1v) is 4.64. The minimum Gasteiger partial charge on any atom is -0.204 e. The molecule has 0 fully saturated rings. The van der Waals surface area contributed by atoms with Gasteiger partial charge in [0.2, 0.25) is 0 Å². The molecule has 0 N–H and O–H groups in total. The molecule has 0 aromatic heterocycles. The summed E-state index contributed by atoms with van der Waals surface area (Å²) in [7, 11) is 0. The van der Waals surface area contributed by atoms with Gasteiger partial charge in [-0.1, -0.05) is 13.0 Å². The van der Waals surface area contributed by atoms with Crippen molar-refractivity contribution in [2.75, 3.05) is 0 Å². The van der Waals surface area contributed by atoms with E-state index in [1.165, 1.54) is 6.07 Å². The highest BCUT2D eigenvalue weighted by Crippen LogP contribution is 2.28. The molecule has 1 atom stereocenters. The number of hydrogen-bond donors (Lipinski definition) is 0. The lowest BCUT2D eigenvalue weighted by molar-refractivity contribution is 0.454. The van der Waals surface area contributed by atoms with Gasteiger partial charge in [-0.05, 0) is 42.4 Å². The van der Waals surface area contributed by atoms with Crippen LogP contribution in [0.2, 0.25) is 0 Å². The molecule has 0 radical (unpaired) electrons. The van der Waals surface area contributed by atoms with Gasteiger partial charge in [-0.25, -0.2) is 8.78 Å². The van der Waals surface area contributed by atoms with Crippen molar-refractivity contribution in [1.29, 1.82) is 0 Å². The first-order valence-electron chi connectivity index (χ1n) is 4.64. The third-order valence-corrected chi connectivity index (χ3v) is 2.75. The summed E-state index contributed by atoms with van der Waals surface area (Å²) in [6.45, 7) is 2.14. The summed E-state index contributed by atoms with van der Waals surface area (Å²) in [5.41, 5.74) is 1.58. The average molecular weight is 182 g/mol. The van der Waals surface area contributed by atoms with E-state index < -0.39 is 11.6 Å². The van der Waals surface area contributed by atoms with Crippen LogP contribution in [0, 0.1) is 17.6 Å². The molecule has 0 bridgehead atoms. The highest BCUT2D eigenvalue weighted by molar-refractivity contribution is 5.31. The monoisotopic (exact) mass is 182 g/mol. The van der Waals surface area contributed by atoms with E-state index in [1.54, 1.807) is 6.07 Å². The zero-order valence-corrected chi connectivity index (χ0v) is 7.61. The Labute approximate surface area is 76.6 Å². The Hall–Kier alpha value is -0.920. The van der Waals surface area contributed by atoms with E-state index in [0.29, 0.717) is 17.9 Å². The number of hydrogen-bond acceptors (Lipinski definition) is 0. The average Bonchev–Trinajstić information content (AvgIpc) is 2.12. The lowest BCUT2D eigenvalue weighted by Crippen LogP contribution is -2.13. The maximum absolute atomic E-state index is 13.2. The summed E-state index contributed by atoms with van der Waals surface area (Å²) >= 11 is 0. The van der Waals surface area contributed by atoms with Crippen LogP contribution >= 0.6 is 0 Å². The van der Waals surface area contributed by atoms with Gasteiger partial charge >= 0.3 is 0 Å². The third-order valence-electron chi connectivity index (χ3n) is 2.75. The van der Waals surface area contributed by atoms with Crippen LogP contribution in [0.3, 0.4) is 0 Å². The van der Waals surface area contributed by atoms with Crippen molar-refractivity contribution in [3.8, 4) is 0 Å². The molecular formula is C11H12F2. The summed E-state index contributed by atoms with van der Waals surface area (Å²) in [5.74, 6) is -0.755. The van der Waals surface area contributed by atoms with Crippen molar-refractivity contribution in [3.05, 3.63) is 34.9 Å². The number of benzene rings is 1. The van der Waals surface area contributed by atoms with Crippen LogP contribution in [-0.2, 0) is 12.8 Å². The SMILES string of the molecule is CC1CCc2c(ccc(F)c2F)C1. The first kappa shape index (κ1) is 8.67. The van der Waals surface area contributed by atoms with Gasteiger partial charge in [-0.15, -0.1) is 0 Å². The van der Waals surface area contributed by atoms with Gasteiger partial charge < -0.3 is 0 Å². The lowest BCUT2D eigenvalue weighted by Gasteiger charge is -2.21. The van der Waals surface area contributed by atoms with E-state index in [2.05, 4.69) is 6.92 Å². The molecular weight excluding hydrogens is 170 g/mol. The molecule has 0 aliphatic heterocycles. The van der Waals surface area contributed by atoms with E-state index in [9.17, 15) is 8.78 Å². The van der Waals surface area contributed by atoms with Crippen molar-refractivity contribution in [2.24, 2.45) is 5.92 Å². The molecule has 13 heavy (non-hydrogen) atoms. The van der Waals surface area contributed by atoms with Gasteiger partial charge in [0.25, 0.3) is 0 Å². The smallest absolute Gasteiger partial charge is 0.162 e. The predicted octanol–water partition coefficient (Wildman–Crippen LogP) is 3.09. The van der Waals surface area contributed by atoms with Crippen LogP contribution in [0.25, 0.3) is 0 Å². The minimum absolute atomic E-state index is 0.595. The second-order valence-corrected chi connectivity index (χ2v) is 3.85. The van der Waals surface area contributed by atoms with Gasteiger partial charge in [0.15, 0.2) is 11.6 Å². The Bertz CT molecular complexity index is 331. The van der Waals surface area contributed by atoms with Crippen LogP contribution in [-0.4, -0.2) is 0 Å². The van der Waals surface area contributed by atoms with Gasteiger partial charge in [0, 0.05) is 0 Å². The maximum atomic E-state index is 13.2. The Morgan fingerprint density at radius 1 is 1.31 bits per heavy atom. The zero-order valence-electron chi connectivity index (χ0n) is 7.61. The molecule has 1 aromatic carbocycles. The normalized spacial score (nSPS) is 21.3. The first-order chi connectivity index (χ1) is 6.18. The highest BCUT2D eigenvalue weighted by atomic mass is 19.2. The standard InChI is InChI=1S/C11H12F2/c1-7-2-4-9-8(6-7)3-5-10(12)11(9)13/h3,5,7H,2,4,6H2,1H3. The summed E-state index contributed by atoms with van der Waals surface area (Å²) in [4.78, 5) is 0. The van der Waals surface area contributed by atoms with Gasteiger partial charge in [0.05, 0.1) is 0 Å². The molecule has 0 nitrogen and oxygen atoms in total. The fraction of sp³-hybridized carbons (Fsp3) is 0.455. The summed E-state index contributed by atoms with van der Waals surface area (Å²) in [5, 5.41) is 0. The van der Waals surface area contributed by atoms with Crippen molar-refractivity contribution >= 4 is 0 Å². The van der Waals surface area contributed by atoms with Crippen LogP contribution in [0.1, 0.15) is 24.5 Å². The molecule has 2 rings (SSSR count). The maximum Gasteiger partial charge on any atom is 0.162 e. The molecule has 0 saturated heterocycles. The molecule has 0 spiro atoms. The van der Waals surface area contributed by atoms with Crippen LogP contribution in [0.5, 0.6) is 0 Å². The minimum atomic E-state index is -0.715. The molecule has 0 saturated carbocycles. The summed E-state index contributed by atoms with van der Waals surface area (Å²) < 4.78 is 26.1. The molecule has 2 heteroatoms. The van der Waals surface area contributed by atoms with Gasteiger partial charge in [0.1, 0.15) is 0 Å². The lowest BCUT2D eigenvalue weighted by atomic mass is 9.85. The van der Waals surface area contributed by atoms with Crippen molar-refractivity contribution < 1.29 is 8.78 Å². The Morgan fingerprint density at radius 3 is 2.85 bits per heavy atom. The van der Waals surface area contributed by atoms with Gasteiger partial charge in [-0.3, -0.25) is 0 Å². The van der Waals surface area contributed by atoms with Crippen LogP contribution < -0.4 is 0 Å². The highest BCUT2D eigenvalue weighted by Gasteiger charge is 2.19. The predicted molar refractivity (Wildman–Crippen MR) is 47.5 cm³/mol. The largest absolute Gasteiger partial charge is 0.204 e. The number of rotatable bonds is 0. The van der Waals surface area contributed by atoms with E-state index >= 15 is 0 Å². The third kappa shape index (κ3) is 1.45. The Balaban J connectivity index is 2.47. The zero-order chi connectivity index (χ0) is 9.42. The fourth-order valence-electron chi connectivity index (χ4n) is 1.96. The molecule has 1 aliphatic carbocycles. The van der Waals surface area contributed by atoms with E-state index in [-0.39, 0.29) is 0 Å². The molecule has 0 heterocycles. The fourth-order valence-corrected chi connectivity index (χ4v) is 1.96. The quantitative estimate of drug-likeness (QED) is 0.578. The molecule has 70 valence electrons. The molecule has 1 aromatic rings. The molecule has 1 unspecified atom stereocenters. The van der Waals surface area contributed by atoms with E-state index in [4.69, 9.17) is 0 Å². The Morgan fingerprint density at radius 2 is 2.08 bits per heavy atom. The van der Waals surface area contributed by atoms with Crippen molar-refractivity contribution in [3.63, 3.8) is 0 Å². The summed E-state index contributed by atoms with van der Waals surface area (Å²) in [6, 6.07) is 2.94. The van der Waals surface area contributed by atoms with Crippen LogP contribution in [0.4, 0.5) is 8.78 Å². The second kappa shape index (κ2) is 3.09. The molecule has 0 amide bonds. The topological polar surface area (TPSA) is 0 Å². The van der Waals surface area contributed by atoms with Crippen molar-refractivity contribution in [1.82, 2.24) is 0 Å². The van der Waals surface area contributed by atoms with Crippen molar-refractivity contribution in [2.45, 2.75) is 26.2 Å². The molecule has 1 aliphatic rings. The second-order valence-electron chi connectivity index (χ2n) is 3.85. The summed E-state index contributed by atoms with van der Waals surface area (Å²) in [6.07, 6.45) is 2.53. The van der Waals surface area contributed by atoms with Gasteiger partial charge in [-0.2, -0.15) is 0 Å². The number of fused-ring (bicyclic) bond motifs is 1.